The number of hydrogen-bond acceptors (Lipinski definition) is 7. The highest BCUT2D eigenvalue weighted by atomic mass is 17.2. The fourth-order valence-electron chi connectivity index (χ4n) is 4.92. The van der Waals surface area contributed by atoms with Crippen molar-refractivity contribution in [3.8, 4) is 6.07 Å². The molecule has 0 spiro atoms. The number of nitriles is 1. The third kappa shape index (κ3) is 8.35. The second-order valence-corrected chi connectivity index (χ2v) is 9.56. The van der Waals surface area contributed by atoms with E-state index in [2.05, 4.69) is 23.8 Å². The number of esters is 2. The maximum atomic E-state index is 13.1. The molecule has 2 aromatic heterocycles. The molecule has 3 rings (SSSR count). The topological polar surface area (TPSA) is 126 Å². The third-order valence-corrected chi connectivity index (χ3v) is 6.81. The summed E-state index contributed by atoms with van der Waals surface area (Å²) in [5.41, 5.74) is 8.04. The maximum absolute atomic E-state index is 13.1. The summed E-state index contributed by atoms with van der Waals surface area (Å²) in [6, 6.07) is 11.6. The first-order valence-corrected chi connectivity index (χ1v) is 14.0. The van der Waals surface area contributed by atoms with Gasteiger partial charge in [0, 0.05) is 36.5 Å². The van der Waals surface area contributed by atoms with E-state index in [1.807, 2.05) is 43.3 Å². The molecule has 0 saturated carbocycles. The van der Waals surface area contributed by atoms with Gasteiger partial charge in [-0.2, -0.15) is 10.1 Å². The van der Waals surface area contributed by atoms with E-state index in [9.17, 15) is 14.9 Å². The molecule has 0 unspecified atom stereocenters. The number of H-pyrrole nitrogens is 2. The van der Waals surface area contributed by atoms with Crippen LogP contribution in [0.5, 0.6) is 0 Å². The monoisotopic (exact) mass is 561 g/mol. The van der Waals surface area contributed by atoms with E-state index >= 15 is 0 Å². The maximum Gasteiger partial charge on any atom is 0.355 e. The van der Waals surface area contributed by atoms with Gasteiger partial charge in [0.05, 0.1) is 13.2 Å². The molecular formula is C32H39N3O6. The first-order chi connectivity index (χ1) is 19.8. The van der Waals surface area contributed by atoms with E-state index < -0.39 is 5.97 Å². The van der Waals surface area contributed by atoms with E-state index in [1.54, 1.807) is 13.0 Å². The largest absolute Gasteiger partial charge is 0.466 e. The van der Waals surface area contributed by atoms with Gasteiger partial charge in [0.25, 0.3) is 0 Å². The standard InChI is InChI=1S/C32H39N3O6/c1-6-25-26(7-2)29(34-28(25)17-24(19-33)41-40-8-3)18-30-27(15-12-16-38-22(5)36)21(4)31(35-30)32(37)39-20-23-13-10-9-11-14-23/h9-11,13-14,17,34-35H,6-8,12,15-16,18,20H2,1-5H3/b24-17+. The Balaban J connectivity index is 1.95. The summed E-state index contributed by atoms with van der Waals surface area (Å²) in [5.74, 6) is -0.689. The zero-order valence-corrected chi connectivity index (χ0v) is 24.5. The predicted octanol–water partition coefficient (Wildman–Crippen LogP) is 6.05. The molecule has 9 heteroatoms. The average Bonchev–Trinajstić information content (AvgIpc) is 3.47. The molecule has 0 atom stereocenters. The van der Waals surface area contributed by atoms with Gasteiger partial charge >= 0.3 is 11.9 Å². The third-order valence-electron chi connectivity index (χ3n) is 6.81. The van der Waals surface area contributed by atoms with Gasteiger partial charge in [-0.25, -0.2) is 4.79 Å². The first-order valence-electron chi connectivity index (χ1n) is 14.0. The molecule has 2 N–H and O–H groups in total. The number of aromatic nitrogens is 2. The molecule has 0 fully saturated rings. The summed E-state index contributed by atoms with van der Waals surface area (Å²) >= 11 is 0. The van der Waals surface area contributed by atoms with E-state index in [-0.39, 0.29) is 18.3 Å². The van der Waals surface area contributed by atoms with Crippen LogP contribution in [0.4, 0.5) is 0 Å². The Labute approximate surface area is 241 Å². The number of hydrogen-bond donors (Lipinski definition) is 2. The van der Waals surface area contributed by atoms with Crippen LogP contribution in [-0.4, -0.2) is 35.1 Å². The lowest BCUT2D eigenvalue weighted by Crippen LogP contribution is -2.07. The Bertz CT molecular complexity index is 1390. The minimum Gasteiger partial charge on any atom is -0.466 e. The number of aromatic amines is 2. The van der Waals surface area contributed by atoms with Gasteiger partial charge in [-0.1, -0.05) is 44.2 Å². The van der Waals surface area contributed by atoms with Crippen molar-refractivity contribution in [3.05, 3.63) is 86.7 Å². The van der Waals surface area contributed by atoms with Gasteiger partial charge in [0.2, 0.25) is 5.76 Å². The number of nitrogens with zero attached hydrogens (tertiary/aromatic N) is 1. The molecule has 0 amide bonds. The number of allylic oxidation sites excluding steroid dienone is 1. The normalized spacial score (nSPS) is 11.3. The summed E-state index contributed by atoms with van der Waals surface area (Å²) in [7, 11) is 0. The predicted molar refractivity (Wildman–Crippen MR) is 155 cm³/mol. The molecule has 2 heterocycles. The summed E-state index contributed by atoms with van der Waals surface area (Å²) in [6.07, 6.45) is 4.94. The van der Waals surface area contributed by atoms with Crippen LogP contribution < -0.4 is 0 Å². The zero-order chi connectivity index (χ0) is 29.8. The molecule has 1 aromatic carbocycles. The molecular weight excluding hydrogens is 522 g/mol. The molecule has 0 aliphatic carbocycles. The van der Waals surface area contributed by atoms with Crippen LogP contribution in [0.3, 0.4) is 0 Å². The fraction of sp³-hybridized carbons (Fsp3) is 0.406. The molecule has 41 heavy (non-hydrogen) atoms. The minimum absolute atomic E-state index is 0.0577. The highest BCUT2D eigenvalue weighted by Crippen LogP contribution is 2.29. The van der Waals surface area contributed by atoms with Crippen molar-refractivity contribution in [2.24, 2.45) is 0 Å². The van der Waals surface area contributed by atoms with E-state index in [0.29, 0.717) is 38.2 Å². The van der Waals surface area contributed by atoms with Crippen LogP contribution in [-0.2, 0) is 56.3 Å². The summed E-state index contributed by atoms with van der Waals surface area (Å²) in [4.78, 5) is 41.3. The average molecular weight is 562 g/mol. The van der Waals surface area contributed by atoms with Crippen LogP contribution in [0.15, 0.2) is 36.1 Å². The van der Waals surface area contributed by atoms with Gasteiger partial charge in [-0.3, -0.25) is 4.79 Å². The van der Waals surface area contributed by atoms with Crippen LogP contribution >= 0.6 is 0 Å². The van der Waals surface area contributed by atoms with Crippen molar-refractivity contribution in [1.29, 1.82) is 5.26 Å². The van der Waals surface area contributed by atoms with Crippen molar-refractivity contribution in [1.82, 2.24) is 9.97 Å². The number of nitrogens with one attached hydrogen (secondary N) is 2. The molecule has 0 saturated heterocycles. The SMILES string of the molecule is CCOO/C(C#N)=C/c1[nH]c(Cc2[nH]c(C(=O)OCc3ccccc3)c(C)c2CCCOC(C)=O)c(CC)c1CC. The van der Waals surface area contributed by atoms with Crippen molar-refractivity contribution in [2.75, 3.05) is 13.2 Å². The highest BCUT2D eigenvalue weighted by Gasteiger charge is 2.23. The highest BCUT2D eigenvalue weighted by molar-refractivity contribution is 5.90. The summed E-state index contributed by atoms with van der Waals surface area (Å²) < 4.78 is 10.8. The van der Waals surface area contributed by atoms with E-state index in [1.165, 1.54) is 6.92 Å². The number of carbonyl (C=O) groups is 2. The van der Waals surface area contributed by atoms with E-state index in [0.717, 1.165) is 57.7 Å². The van der Waals surface area contributed by atoms with Crippen LogP contribution in [0.1, 0.15) is 89.5 Å². The lowest BCUT2D eigenvalue weighted by Gasteiger charge is -2.08. The Kier molecular flexibility index (Phi) is 11.8. The Morgan fingerprint density at radius 3 is 2.32 bits per heavy atom. The lowest BCUT2D eigenvalue weighted by atomic mass is 9.98. The molecule has 0 aliphatic heterocycles. The minimum atomic E-state index is -0.425. The number of benzene rings is 1. The number of ether oxygens (including phenoxy) is 2. The molecule has 9 nitrogen and oxygen atoms in total. The van der Waals surface area contributed by atoms with Gasteiger partial charge in [0.15, 0.2) is 0 Å². The quantitative estimate of drug-likeness (QED) is 0.0577. The van der Waals surface area contributed by atoms with Gasteiger partial charge in [-0.15, -0.1) is 0 Å². The number of carbonyl (C=O) groups excluding carboxylic acids is 2. The smallest absolute Gasteiger partial charge is 0.355 e. The first kappa shape index (κ1) is 31.2. The van der Waals surface area contributed by atoms with Crippen molar-refractivity contribution in [3.63, 3.8) is 0 Å². The van der Waals surface area contributed by atoms with Crippen molar-refractivity contribution in [2.45, 2.75) is 73.3 Å². The summed E-state index contributed by atoms with van der Waals surface area (Å²) in [5, 5.41) is 9.50. The molecule has 0 radical (unpaired) electrons. The zero-order valence-electron chi connectivity index (χ0n) is 24.5. The van der Waals surface area contributed by atoms with Crippen LogP contribution in [0, 0.1) is 18.3 Å². The Hall–Kier alpha value is -4.29. The van der Waals surface area contributed by atoms with E-state index in [4.69, 9.17) is 19.2 Å². The summed E-state index contributed by atoms with van der Waals surface area (Å²) in [6.45, 7) is 10.0. The van der Waals surface area contributed by atoms with Crippen molar-refractivity contribution < 1.29 is 28.8 Å². The fourth-order valence-corrected chi connectivity index (χ4v) is 4.92. The second kappa shape index (κ2) is 15.5. The van der Waals surface area contributed by atoms with Crippen molar-refractivity contribution >= 4 is 18.0 Å². The molecule has 218 valence electrons. The molecule has 3 aromatic rings. The van der Waals surface area contributed by atoms with Crippen LogP contribution in [0.25, 0.3) is 6.08 Å². The van der Waals surface area contributed by atoms with Gasteiger partial charge < -0.3 is 24.3 Å². The van der Waals surface area contributed by atoms with Crippen LogP contribution in [0.2, 0.25) is 0 Å². The van der Waals surface area contributed by atoms with Gasteiger partial charge in [-0.05, 0) is 67.3 Å². The Morgan fingerprint density at radius 2 is 1.68 bits per heavy atom. The van der Waals surface area contributed by atoms with Gasteiger partial charge in [0.1, 0.15) is 18.4 Å². The molecule has 0 aliphatic rings. The lowest BCUT2D eigenvalue weighted by molar-refractivity contribution is -0.252. The second-order valence-electron chi connectivity index (χ2n) is 9.56. The Morgan fingerprint density at radius 1 is 0.976 bits per heavy atom. The molecule has 0 bridgehead atoms. The number of rotatable bonds is 15.